The predicted octanol–water partition coefficient (Wildman–Crippen LogP) is 6.18. The average molecular weight is 447 g/mol. The van der Waals surface area contributed by atoms with Gasteiger partial charge in [0, 0.05) is 22.3 Å². The van der Waals surface area contributed by atoms with E-state index in [0.717, 1.165) is 11.1 Å². The Hall–Kier alpha value is -3.73. The molecule has 0 saturated carbocycles. The van der Waals surface area contributed by atoms with Crippen LogP contribution >= 0.6 is 0 Å². The molecule has 2 aromatic rings. The molecule has 0 amide bonds. The zero-order valence-electron chi connectivity index (χ0n) is 19.7. The maximum Gasteiger partial charge on any atom is 0.234 e. The van der Waals surface area contributed by atoms with E-state index in [1.54, 1.807) is 42.5 Å². The fourth-order valence-corrected chi connectivity index (χ4v) is 3.19. The second-order valence-electron chi connectivity index (χ2n) is 8.40. The first-order chi connectivity index (χ1) is 15.5. The van der Waals surface area contributed by atoms with Crippen LogP contribution in [0.4, 0.5) is 0 Å². The van der Waals surface area contributed by atoms with Crippen molar-refractivity contribution in [3.05, 3.63) is 93.6 Å². The van der Waals surface area contributed by atoms with Crippen molar-refractivity contribution in [2.24, 2.45) is 0 Å². The van der Waals surface area contributed by atoms with Gasteiger partial charge in [-0.25, -0.2) is 0 Å². The molecule has 1 aliphatic carbocycles. The van der Waals surface area contributed by atoms with E-state index in [2.05, 4.69) is 0 Å². The topological polar surface area (TPSA) is 91.7 Å². The first-order valence-corrected chi connectivity index (χ1v) is 10.7. The number of aliphatic hydroxyl groups is 1. The van der Waals surface area contributed by atoms with Crippen LogP contribution in [0.3, 0.4) is 0 Å². The van der Waals surface area contributed by atoms with E-state index in [1.165, 1.54) is 12.5 Å². The molecule has 0 heterocycles. The molecule has 0 radical (unpaired) electrons. The fraction of sp³-hybridized carbons (Fsp3) is 0.250. The number of carbonyl (C=O) groups is 3. The number of phenolic OH excluding ortho intramolecular Hbond substituents is 1. The van der Waals surface area contributed by atoms with E-state index < -0.39 is 11.6 Å². The van der Waals surface area contributed by atoms with E-state index in [9.17, 15) is 24.6 Å². The number of Topliss-reactive ketones (excluding diaryl/α,β-unsaturated/α-hetero) is 3. The molecule has 0 atom stereocenters. The summed E-state index contributed by atoms with van der Waals surface area (Å²) >= 11 is 0. The Bertz CT molecular complexity index is 1170. The number of hydrogen-bond acceptors (Lipinski definition) is 5. The van der Waals surface area contributed by atoms with E-state index in [4.69, 9.17) is 0 Å². The van der Waals surface area contributed by atoms with Crippen molar-refractivity contribution in [3.8, 4) is 5.75 Å². The monoisotopic (exact) mass is 446 g/mol. The summed E-state index contributed by atoms with van der Waals surface area (Å²) < 4.78 is 0. The van der Waals surface area contributed by atoms with Crippen molar-refractivity contribution in [2.75, 3.05) is 0 Å². The Balaban J connectivity index is 0.000000238. The van der Waals surface area contributed by atoms with Crippen LogP contribution < -0.4 is 0 Å². The van der Waals surface area contributed by atoms with E-state index in [1.807, 2.05) is 39.8 Å². The molecule has 3 rings (SSSR count). The zero-order valence-corrected chi connectivity index (χ0v) is 19.7. The molecule has 2 N–H and O–H groups in total. The summed E-state index contributed by atoms with van der Waals surface area (Å²) in [4.78, 5) is 35.0. The van der Waals surface area contributed by atoms with Crippen molar-refractivity contribution < 1.29 is 24.6 Å². The normalized spacial score (nSPS) is 12.4. The van der Waals surface area contributed by atoms with Crippen molar-refractivity contribution in [1.82, 2.24) is 0 Å². The summed E-state index contributed by atoms with van der Waals surface area (Å²) in [6.45, 7) is 9.34. The van der Waals surface area contributed by atoms with E-state index in [-0.39, 0.29) is 34.8 Å². The highest BCUT2D eigenvalue weighted by Gasteiger charge is 2.31. The molecule has 0 aliphatic heterocycles. The summed E-state index contributed by atoms with van der Waals surface area (Å²) in [6, 6.07) is 11.6. The third kappa shape index (κ3) is 6.62. The Labute approximate surface area is 194 Å². The van der Waals surface area contributed by atoms with Gasteiger partial charge in [0.1, 0.15) is 11.5 Å². The minimum Gasteiger partial charge on any atom is -0.508 e. The summed E-state index contributed by atoms with van der Waals surface area (Å²) in [5, 5.41) is 19.7. The Morgan fingerprint density at radius 1 is 0.788 bits per heavy atom. The number of hydrogen-bond donors (Lipinski definition) is 2. The van der Waals surface area contributed by atoms with Gasteiger partial charge < -0.3 is 10.2 Å². The standard InChI is InChI=1S/C15H14O3.C13H16O2/c1-9(2)7-8-12-13(16)10-5-3-4-6-11(10)14(17)15(12)18;1-9(2)4-5-12-8-11(10(3)14)6-7-13(12)15/h3-7,16H,8H2,1-2H3;4,6-8,15H,5H2,1-3H3. The number of aromatic hydroxyl groups is 1. The van der Waals surface area contributed by atoms with Crippen molar-refractivity contribution in [1.29, 1.82) is 0 Å². The quantitative estimate of drug-likeness (QED) is 0.325. The molecule has 172 valence electrons. The lowest BCUT2D eigenvalue weighted by atomic mass is 9.87. The molecule has 0 saturated heterocycles. The van der Waals surface area contributed by atoms with Crippen LogP contribution in [0, 0.1) is 0 Å². The van der Waals surface area contributed by atoms with Gasteiger partial charge in [0.15, 0.2) is 5.78 Å². The molecule has 2 aromatic carbocycles. The summed E-state index contributed by atoms with van der Waals surface area (Å²) in [6.07, 6.45) is 4.80. The first kappa shape index (κ1) is 25.5. The second kappa shape index (κ2) is 11.2. The highest BCUT2D eigenvalue weighted by molar-refractivity contribution is 6.52. The van der Waals surface area contributed by atoms with Gasteiger partial charge in [-0.05, 0) is 71.2 Å². The van der Waals surface area contributed by atoms with Crippen LogP contribution in [0.1, 0.15) is 72.9 Å². The zero-order chi connectivity index (χ0) is 24.7. The Kier molecular flexibility index (Phi) is 8.69. The first-order valence-electron chi connectivity index (χ1n) is 10.7. The van der Waals surface area contributed by atoms with Gasteiger partial charge in [0.05, 0.1) is 0 Å². The molecular weight excluding hydrogens is 416 g/mol. The molecule has 0 spiro atoms. The SMILES string of the molecule is CC(=O)c1ccc(O)c(CC=C(C)C)c1.CC(C)=CCC1=C(O)c2ccccc2C(=O)C1=O. The second-order valence-corrected chi connectivity index (χ2v) is 8.40. The number of rotatable bonds is 5. The van der Waals surface area contributed by atoms with Gasteiger partial charge in [-0.2, -0.15) is 0 Å². The Morgan fingerprint density at radius 2 is 1.36 bits per heavy atom. The number of benzene rings is 2. The summed E-state index contributed by atoms with van der Waals surface area (Å²) in [7, 11) is 0. The lowest BCUT2D eigenvalue weighted by Crippen LogP contribution is -2.23. The van der Waals surface area contributed by atoms with Gasteiger partial charge >= 0.3 is 0 Å². The number of phenols is 1. The minimum absolute atomic E-state index is 0.0217. The molecular formula is C28H30O5. The lowest BCUT2D eigenvalue weighted by Gasteiger charge is -2.16. The summed E-state index contributed by atoms with van der Waals surface area (Å²) in [5.74, 6) is -0.956. The molecule has 0 fully saturated rings. The van der Waals surface area contributed by atoms with Crippen LogP contribution in [0.5, 0.6) is 5.75 Å². The highest BCUT2D eigenvalue weighted by atomic mass is 16.3. The van der Waals surface area contributed by atoms with Gasteiger partial charge in [-0.3, -0.25) is 14.4 Å². The molecule has 0 aromatic heterocycles. The number of ketones is 3. The lowest BCUT2D eigenvalue weighted by molar-refractivity contribution is -0.112. The number of aliphatic hydroxyl groups excluding tert-OH is 1. The van der Waals surface area contributed by atoms with Crippen LogP contribution in [0.25, 0.3) is 5.76 Å². The number of allylic oxidation sites excluding steroid dienone is 5. The summed E-state index contributed by atoms with van der Waals surface area (Å²) in [5.41, 5.74) is 4.57. The largest absolute Gasteiger partial charge is 0.508 e. The van der Waals surface area contributed by atoms with Gasteiger partial charge in [-0.15, -0.1) is 0 Å². The Morgan fingerprint density at radius 3 is 1.94 bits per heavy atom. The van der Waals surface area contributed by atoms with E-state index >= 15 is 0 Å². The van der Waals surface area contributed by atoms with Crippen LogP contribution in [-0.2, 0) is 11.2 Å². The average Bonchev–Trinajstić information content (AvgIpc) is 2.77. The minimum atomic E-state index is -0.608. The molecule has 5 nitrogen and oxygen atoms in total. The van der Waals surface area contributed by atoms with E-state index in [0.29, 0.717) is 17.5 Å². The highest BCUT2D eigenvalue weighted by Crippen LogP contribution is 2.29. The molecule has 33 heavy (non-hydrogen) atoms. The number of fused-ring (bicyclic) bond motifs is 1. The smallest absolute Gasteiger partial charge is 0.234 e. The third-order valence-electron chi connectivity index (χ3n) is 5.12. The van der Waals surface area contributed by atoms with Gasteiger partial charge in [0.2, 0.25) is 11.6 Å². The van der Waals surface area contributed by atoms with Gasteiger partial charge in [0.25, 0.3) is 0 Å². The molecule has 1 aliphatic rings. The predicted molar refractivity (Wildman–Crippen MR) is 131 cm³/mol. The molecule has 0 unspecified atom stereocenters. The van der Waals surface area contributed by atoms with Crippen LogP contribution in [0.2, 0.25) is 0 Å². The van der Waals surface area contributed by atoms with Crippen molar-refractivity contribution >= 4 is 23.1 Å². The fourth-order valence-electron chi connectivity index (χ4n) is 3.19. The van der Waals surface area contributed by atoms with Gasteiger partial charge in [-0.1, -0.05) is 47.6 Å². The van der Waals surface area contributed by atoms with Crippen molar-refractivity contribution in [2.45, 2.75) is 47.5 Å². The number of carbonyl (C=O) groups excluding carboxylic acids is 3. The molecule has 5 heteroatoms. The molecule has 0 bridgehead atoms. The maximum atomic E-state index is 11.9. The van der Waals surface area contributed by atoms with Crippen molar-refractivity contribution in [3.63, 3.8) is 0 Å². The van der Waals surface area contributed by atoms with Crippen LogP contribution in [-0.4, -0.2) is 27.6 Å². The maximum absolute atomic E-state index is 11.9. The van der Waals surface area contributed by atoms with Crippen LogP contribution in [0.15, 0.2) is 71.3 Å². The third-order valence-corrected chi connectivity index (χ3v) is 5.12.